The van der Waals surface area contributed by atoms with Crippen LogP contribution < -0.4 is 0 Å². The van der Waals surface area contributed by atoms with Crippen LogP contribution in [-0.4, -0.2) is 33.8 Å². The van der Waals surface area contributed by atoms with E-state index in [0.717, 1.165) is 0 Å². The highest BCUT2D eigenvalue weighted by Crippen LogP contribution is 2.18. The second-order valence-electron chi connectivity index (χ2n) is 4.05. The Morgan fingerprint density at radius 1 is 1.61 bits per heavy atom. The largest absolute Gasteiger partial charge is 0.478 e. The third-order valence-corrected chi connectivity index (χ3v) is 2.79. The molecule has 0 saturated heterocycles. The zero-order valence-electron chi connectivity index (χ0n) is 10.1. The van der Waals surface area contributed by atoms with E-state index in [1.54, 1.807) is 6.92 Å². The number of aromatic nitrogens is 2. The van der Waals surface area contributed by atoms with Crippen molar-refractivity contribution in [3.05, 3.63) is 29.8 Å². The molecule has 1 N–H and O–H groups in total. The smallest absolute Gasteiger partial charge is 0.335 e. The van der Waals surface area contributed by atoms with Gasteiger partial charge in [0, 0.05) is 7.11 Å². The summed E-state index contributed by atoms with van der Waals surface area (Å²) < 4.78 is 20.1. The van der Waals surface area contributed by atoms with Crippen molar-refractivity contribution < 1.29 is 19.0 Å². The molecule has 1 aromatic carbocycles. The molecule has 18 heavy (non-hydrogen) atoms. The highest BCUT2D eigenvalue weighted by atomic mass is 19.1. The Morgan fingerprint density at radius 3 is 2.94 bits per heavy atom. The van der Waals surface area contributed by atoms with Crippen LogP contribution in [0.3, 0.4) is 0 Å². The van der Waals surface area contributed by atoms with Crippen molar-refractivity contribution in [1.29, 1.82) is 0 Å². The summed E-state index contributed by atoms with van der Waals surface area (Å²) in [5.74, 6) is -1.05. The second-order valence-corrected chi connectivity index (χ2v) is 4.05. The Bertz CT molecular complexity index is 594. The summed E-state index contributed by atoms with van der Waals surface area (Å²) in [6.07, 6.45) is -0.832. The minimum atomic E-state index is -1.05. The highest BCUT2D eigenvalue weighted by molar-refractivity contribution is 5.92. The van der Waals surface area contributed by atoms with Crippen molar-refractivity contribution in [2.24, 2.45) is 0 Å². The summed E-state index contributed by atoms with van der Waals surface area (Å²) in [7, 11) is 1.53. The van der Waals surface area contributed by atoms with Gasteiger partial charge in [0.1, 0.15) is 0 Å². The lowest BCUT2D eigenvalue weighted by molar-refractivity contribution is 0.0697. The SMILES string of the molecule is COC(C)Cn1c(F)nc2ccc(C(=O)O)cc21. The number of nitrogens with zero attached hydrogens (tertiary/aromatic N) is 2. The first-order valence-electron chi connectivity index (χ1n) is 5.44. The summed E-state index contributed by atoms with van der Waals surface area (Å²) in [5.41, 5.74) is 0.992. The molecule has 1 aromatic heterocycles. The topological polar surface area (TPSA) is 64.4 Å². The normalized spacial score (nSPS) is 12.8. The molecule has 2 rings (SSSR count). The maximum atomic E-state index is 13.7. The lowest BCUT2D eigenvalue weighted by atomic mass is 10.2. The predicted octanol–water partition coefficient (Wildman–Crippen LogP) is 1.91. The minimum Gasteiger partial charge on any atom is -0.478 e. The molecular weight excluding hydrogens is 239 g/mol. The van der Waals surface area contributed by atoms with Crippen LogP contribution in [0.1, 0.15) is 17.3 Å². The predicted molar refractivity (Wildman–Crippen MR) is 63.1 cm³/mol. The molecule has 0 spiro atoms. The summed E-state index contributed by atoms with van der Waals surface area (Å²) in [6.45, 7) is 2.08. The molecule has 1 heterocycles. The first-order chi connectivity index (χ1) is 8.52. The number of imidazole rings is 1. The van der Waals surface area contributed by atoms with E-state index in [1.165, 1.54) is 29.9 Å². The second kappa shape index (κ2) is 4.73. The number of hydrogen-bond donors (Lipinski definition) is 1. The maximum Gasteiger partial charge on any atom is 0.335 e. The van der Waals surface area contributed by atoms with Gasteiger partial charge in [-0.25, -0.2) is 9.78 Å². The lowest BCUT2D eigenvalue weighted by Gasteiger charge is -2.11. The van der Waals surface area contributed by atoms with Crippen LogP contribution in [0.15, 0.2) is 18.2 Å². The third-order valence-electron chi connectivity index (χ3n) is 2.79. The quantitative estimate of drug-likeness (QED) is 0.902. The van der Waals surface area contributed by atoms with Gasteiger partial charge in [-0.3, -0.25) is 4.57 Å². The molecule has 0 fully saturated rings. The molecule has 0 amide bonds. The van der Waals surface area contributed by atoms with E-state index < -0.39 is 12.0 Å². The zero-order chi connectivity index (χ0) is 13.3. The van der Waals surface area contributed by atoms with Gasteiger partial charge in [0.15, 0.2) is 0 Å². The van der Waals surface area contributed by atoms with Crippen LogP contribution in [0.25, 0.3) is 11.0 Å². The Hall–Kier alpha value is -1.95. The van der Waals surface area contributed by atoms with Gasteiger partial charge in [-0.15, -0.1) is 0 Å². The fourth-order valence-electron chi connectivity index (χ4n) is 1.73. The summed E-state index contributed by atoms with van der Waals surface area (Å²) in [5, 5.41) is 8.92. The maximum absolute atomic E-state index is 13.7. The average molecular weight is 252 g/mol. The van der Waals surface area contributed by atoms with E-state index in [-0.39, 0.29) is 18.2 Å². The molecule has 0 aliphatic carbocycles. The third kappa shape index (κ3) is 2.19. The molecule has 1 unspecified atom stereocenters. The number of carboxylic acids is 1. The van der Waals surface area contributed by atoms with Gasteiger partial charge in [-0.1, -0.05) is 0 Å². The molecule has 1 atom stereocenters. The molecule has 0 aliphatic rings. The van der Waals surface area contributed by atoms with Crippen molar-refractivity contribution in [2.75, 3.05) is 7.11 Å². The number of hydrogen-bond acceptors (Lipinski definition) is 3. The molecule has 0 saturated carbocycles. The number of carboxylic acid groups (broad SMARTS) is 1. The first-order valence-corrected chi connectivity index (χ1v) is 5.44. The molecule has 2 aromatic rings. The molecule has 96 valence electrons. The monoisotopic (exact) mass is 252 g/mol. The van der Waals surface area contributed by atoms with E-state index in [4.69, 9.17) is 9.84 Å². The number of rotatable bonds is 4. The minimum absolute atomic E-state index is 0.105. The fraction of sp³-hybridized carbons (Fsp3) is 0.333. The Morgan fingerprint density at radius 2 is 2.33 bits per heavy atom. The molecule has 0 radical (unpaired) electrons. The molecule has 0 bridgehead atoms. The Labute approximate surface area is 103 Å². The van der Waals surface area contributed by atoms with E-state index in [2.05, 4.69) is 4.98 Å². The standard InChI is InChI=1S/C12H13FN2O3/c1-7(18-2)6-15-10-5-8(11(16)17)3-4-9(10)14-12(15)13/h3-5,7H,6H2,1-2H3,(H,16,17). The van der Waals surface area contributed by atoms with Crippen LogP contribution in [0, 0.1) is 6.08 Å². The van der Waals surface area contributed by atoms with Crippen molar-refractivity contribution >= 4 is 17.0 Å². The van der Waals surface area contributed by atoms with Crippen LogP contribution in [0.2, 0.25) is 0 Å². The zero-order valence-corrected chi connectivity index (χ0v) is 10.1. The fourth-order valence-corrected chi connectivity index (χ4v) is 1.73. The van der Waals surface area contributed by atoms with Gasteiger partial charge < -0.3 is 9.84 Å². The van der Waals surface area contributed by atoms with E-state index in [9.17, 15) is 9.18 Å². The van der Waals surface area contributed by atoms with Crippen LogP contribution in [0.5, 0.6) is 0 Å². The van der Waals surface area contributed by atoms with E-state index in [1.807, 2.05) is 0 Å². The van der Waals surface area contributed by atoms with Crippen molar-refractivity contribution in [3.8, 4) is 0 Å². The summed E-state index contributed by atoms with van der Waals surface area (Å²) in [4.78, 5) is 14.6. The lowest BCUT2D eigenvalue weighted by Crippen LogP contribution is -2.16. The summed E-state index contributed by atoms with van der Waals surface area (Å²) in [6, 6.07) is 4.31. The van der Waals surface area contributed by atoms with Gasteiger partial charge in [-0.2, -0.15) is 4.39 Å². The highest BCUT2D eigenvalue weighted by Gasteiger charge is 2.14. The molecule has 6 heteroatoms. The van der Waals surface area contributed by atoms with Crippen LogP contribution in [0.4, 0.5) is 4.39 Å². The van der Waals surface area contributed by atoms with Crippen LogP contribution >= 0.6 is 0 Å². The number of fused-ring (bicyclic) bond motifs is 1. The van der Waals surface area contributed by atoms with Gasteiger partial charge >= 0.3 is 5.97 Å². The first kappa shape index (κ1) is 12.5. The number of halogens is 1. The van der Waals surface area contributed by atoms with Gasteiger partial charge in [0.2, 0.25) is 0 Å². The Balaban J connectivity index is 2.53. The van der Waals surface area contributed by atoms with E-state index >= 15 is 0 Å². The van der Waals surface area contributed by atoms with Gasteiger partial charge in [0.25, 0.3) is 6.08 Å². The molecule has 5 nitrogen and oxygen atoms in total. The number of carbonyl (C=O) groups is 1. The van der Waals surface area contributed by atoms with Gasteiger partial charge in [-0.05, 0) is 25.1 Å². The number of benzene rings is 1. The number of aromatic carboxylic acids is 1. The van der Waals surface area contributed by atoms with Crippen molar-refractivity contribution in [3.63, 3.8) is 0 Å². The molecular formula is C12H13FN2O3. The Kier molecular flexibility index (Phi) is 3.29. The summed E-state index contributed by atoms with van der Waals surface area (Å²) >= 11 is 0. The van der Waals surface area contributed by atoms with Gasteiger partial charge in [0.05, 0.1) is 29.2 Å². The van der Waals surface area contributed by atoms with E-state index in [0.29, 0.717) is 11.0 Å². The number of ether oxygens (including phenoxy) is 1. The van der Waals surface area contributed by atoms with Crippen molar-refractivity contribution in [2.45, 2.75) is 19.6 Å². The average Bonchev–Trinajstić information content (AvgIpc) is 2.65. The van der Waals surface area contributed by atoms with Crippen LogP contribution in [-0.2, 0) is 11.3 Å². The van der Waals surface area contributed by atoms with Crippen molar-refractivity contribution in [1.82, 2.24) is 9.55 Å². The molecule has 0 aliphatic heterocycles. The number of methoxy groups -OCH3 is 1.